The molecule has 5 aromatic rings. The highest BCUT2D eigenvalue weighted by Gasteiger charge is 2.08. The molecule has 0 fully saturated rings. The molecule has 0 saturated heterocycles. The fourth-order valence-corrected chi connectivity index (χ4v) is 3.58. The van der Waals surface area contributed by atoms with Crippen LogP contribution < -0.4 is 10.1 Å². The third-order valence-corrected chi connectivity index (χ3v) is 5.17. The van der Waals surface area contributed by atoms with Crippen molar-refractivity contribution in [3.05, 3.63) is 102 Å². The van der Waals surface area contributed by atoms with Crippen molar-refractivity contribution in [2.24, 2.45) is 0 Å². The summed E-state index contributed by atoms with van der Waals surface area (Å²) in [4.78, 5) is 12.6. The van der Waals surface area contributed by atoms with E-state index in [0.29, 0.717) is 29.6 Å². The molecule has 0 bridgehead atoms. The number of nitrogens with one attached hydrogen (secondary N) is 1. The molecule has 0 aliphatic carbocycles. The van der Waals surface area contributed by atoms with Gasteiger partial charge in [-0.2, -0.15) is 5.10 Å². The highest BCUT2D eigenvalue weighted by atomic mass is 16.5. The topological polar surface area (TPSA) is 81.9 Å². The zero-order valence-corrected chi connectivity index (χ0v) is 18.0. The van der Waals surface area contributed by atoms with Gasteiger partial charge in [-0.1, -0.05) is 42.5 Å². The smallest absolute Gasteiger partial charge is 0.238 e. The zero-order valence-electron chi connectivity index (χ0n) is 18.0. The number of amides is 1. The van der Waals surface area contributed by atoms with Crippen LogP contribution in [0.3, 0.4) is 0 Å². The average molecular weight is 435 g/mol. The van der Waals surface area contributed by atoms with E-state index < -0.39 is 0 Å². The number of rotatable bonds is 6. The van der Waals surface area contributed by atoms with Crippen LogP contribution in [0.25, 0.3) is 16.6 Å². The van der Waals surface area contributed by atoms with Crippen LogP contribution in [0.5, 0.6) is 11.6 Å². The average Bonchev–Trinajstić information content (AvgIpc) is 3.27. The second kappa shape index (κ2) is 8.92. The first-order chi connectivity index (χ1) is 16.1. The van der Waals surface area contributed by atoms with Crippen molar-refractivity contribution in [1.82, 2.24) is 20.0 Å². The summed E-state index contributed by atoms with van der Waals surface area (Å²) >= 11 is 0. The third kappa shape index (κ3) is 4.72. The van der Waals surface area contributed by atoms with Crippen molar-refractivity contribution in [2.75, 3.05) is 5.32 Å². The predicted octanol–water partition coefficient (Wildman–Crippen LogP) is 5.10. The number of nitrogens with zero attached hydrogens (tertiary/aromatic N) is 4. The molecule has 7 nitrogen and oxygen atoms in total. The van der Waals surface area contributed by atoms with Gasteiger partial charge in [0.1, 0.15) is 5.75 Å². The molecule has 0 radical (unpaired) electrons. The number of fused-ring (bicyclic) bond motifs is 1. The molecule has 2 heterocycles. The Balaban J connectivity index is 1.21. The standard InChI is InChI=1S/C26H21N5O2/c1-18-15-16-31(30-18)24-13-14-26(29-28-24)33-22-11-9-21(10-12-22)27-25(32)17-20-7-4-6-19-5-2-3-8-23(19)20/h2-16H,17H2,1H3,(H,27,32). The number of benzene rings is 3. The van der Waals surface area contributed by atoms with Crippen LogP contribution in [0.2, 0.25) is 0 Å². The maximum absolute atomic E-state index is 12.6. The third-order valence-electron chi connectivity index (χ3n) is 5.17. The van der Waals surface area contributed by atoms with E-state index in [9.17, 15) is 4.79 Å². The molecule has 162 valence electrons. The summed E-state index contributed by atoms with van der Waals surface area (Å²) in [5, 5.41) is 17.7. The van der Waals surface area contributed by atoms with Gasteiger partial charge >= 0.3 is 0 Å². The van der Waals surface area contributed by atoms with Crippen LogP contribution in [-0.2, 0) is 11.2 Å². The lowest BCUT2D eigenvalue weighted by Crippen LogP contribution is -2.14. The Kier molecular flexibility index (Phi) is 5.51. The molecule has 3 aromatic carbocycles. The minimum Gasteiger partial charge on any atom is -0.438 e. The van der Waals surface area contributed by atoms with E-state index in [-0.39, 0.29) is 5.91 Å². The Labute approximate surface area is 190 Å². The fourth-order valence-electron chi connectivity index (χ4n) is 3.58. The van der Waals surface area contributed by atoms with Crippen LogP contribution in [0.4, 0.5) is 5.69 Å². The normalized spacial score (nSPS) is 10.8. The van der Waals surface area contributed by atoms with Gasteiger partial charge < -0.3 is 10.1 Å². The van der Waals surface area contributed by atoms with Crippen LogP contribution in [-0.4, -0.2) is 25.9 Å². The second-order valence-corrected chi connectivity index (χ2v) is 7.62. The molecule has 0 saturated carbocycles. The summed E-state index contributed by atoms with van der Waals surface area (Å²) in [5.74, 6) is 1.50. The summed E-state index contributed by atoms with van der Waals surface area (Å²) in [7, 11) is 0. The van der Waals surface area contributed by atoms with Crippen molar-refractivity contribution in [2.45, 2.75) is 13.3 Å². The molecule has 1 amide bonds. The lowest BCUT2D eigenvalue weighted by molar-refractivity contribution is -0.115. The van der Waals surface area contributed by atoms with Crippen LogP contribution >= 0.6 is 0 Å². The van der Waals surface area contributed by atoms with Crippen LogP contribution in [0, 0.1) is 6.92 Å². The maximum atomic E-state index is 12.6. The monoisotopic (exact) mass is 435 g/mol. The van der Waals surface area contributed by atoms with Crippen molar-refractivity contribution in [3.63, 3.8) is 0 Å². The molecule has 33 heavy (non-hydrogen) atoms. The van der Waals surface area contributed by atoms with Crippen LogP contribution in [0.15, 0.2) is 91.1 Å². The summed E-state index contributed by atoms with van der Waals surface area (Å²) < 4.78 is 7.42. The highest BCUT2D eigenvalue weighted by molar-refractivity contribution is 5.96. The fraction of sp³-hybridized carbons (Fsp3) is 0.0769. The minimum atomic E-state index is -0.0738. The highest BCUT2D eigenvalue weighted by Crippen LogP contribution is 2.23. The van der Waals surface area contributed by atoms with Gasteiger partial charge in [0.25, 0.3) is 0 Å². The van der Waals surface area contributed by atoms with Crippen molar-refractivity contribution >= 4 is 22.4 Å². The van der Waals surface area contributed by atoms with Gasteiger partial charge in [-0.3, -0.25) is 4.79 Å². The van der Waals surface area contributed by atoms with Crippen molar-refractivity contribution in [3.8, 4) is 17.4 Å². The first-order valence-corrected chi connectivity index (χ1v) is 10.5. The molecule has 5 rings (SSSR count). The molecule has 0 spiro atoms. The van der Waals surface area contributed by atoms with Crippen LogP contribution in [0.1, 0.15) is 11.3 Å². The van der Waals surface area contributed by atoms with E-state index in [1.807, 2.05) is 61.7 Å². The van der Waals surface area contributed by atoms with Gasteiger partial charge in [0.15, 0.2) is 5.82 Å². The van der Waals surface area contributed by atoms with Gasteiger partial charge in [-0.15, -0.1) is 10.2 Å². The SMILES string of the molecule is Cc1ccn(-c2ccc(Oc3ccc(NC(=O)Cc4cccc5ccccc45)cc3)nn2)n1. The molecule has 0 aliphatic rings. The lowest BCUT2D eigenvalue weighted by Gasteiger charge is -2.09. The Bertz CT molecular complexity index is 1400. The van der Waals surface area contributed by atoms with Gasteiger partial charge in [0, 0.05) is 18.0 Å². The van der Waals surface area contributed by atoms with Gasteiger partial charge in [-0.25, -0.2) is 4.68 Å². The lowest BCUT2D eigenvalue weighted by atomic mass is 10.0. The van der Waals surface area contributed by atoms with Gasteiger partial charge in [0.05, 0.1) is 12.1 Å². The number of hydrogen-bond acceptors (Lipinski definition) is 5. The summed E-state index contributed by atoms with van der Waals surface area (Å²) in [6, 6.07) is 26.6. The van der Waals surface area contributed by atoms with Crippen molar-refractivity contribution < 1.29 is 9.53 Å². The number of aryl methyl sites for hydroxylation is 1. The molecular formula is C26H21N5O2. The first kappa shape index (κ1) is 20.4. The van der Waals surface area contributed by atoms with E-state index in [0.717, 1.165) is 22.0 Å². The number of hydrogen-bond donors (Lipinski definition) is 1. The first-order valence-electron chi connectivity index (χ1n) is 10.5. The van der Waals surface area contributed by atoms with E-state index in [1.54, 1.807) is 41.1 Å². The largest absolute Gasteiger partial charge is 0.438 e. The minimum absolute atomic E-state index is 0.0738. The van der Waals surface area contributed by atoms with Gasteiger partial charge in [-0.05, 0) is 59.7 Å². The number of ether oxygens (including phenoxy) is 1. The Morgan fingerprint density at radius 2 is 1.73 bits per heavy atom. The summed E-state index contributed by atoms with van der Waals surface area (Å²) in [6.45, 7) is 1.91. The molecule has 1 N–H and O–H groups in total. The number of aromatic nitrogens is 4. The van der Waals surface area contributed by atoms with E-state index in [4.69, 9.17) is 4.74 Å². The molecule has 7 heteroatoms. The second-order valence-electron chi connectivity index (χ2n) is 7.62. The Hall–Kier alpha value is -4.52. The molecule has 0 unspecified atom stereocenters. The number of carbonyl (C=O) groups is 1. The zero-order chi connectivity index (χ0) is 22.6. The van der Waals surface area contributed by atoms with E-state index in [1.165, 1.54) is 0 Å². The molecular weight excluding hydrogens is 414 g/mol. The quantitative estimate of drug-likeness (QED) is 0.401. The maximum Gasteiger partial charge on any atom is 0.238 e. The predicted molar refractivity (Wildman–Crippen MR) is 127 cm³/mol. The number of anilines is 1. The molecule has 0 aliphatic heterocycles. The molecule has 2 aromatic heterocycles. The summed E-state index contributed by atoms with van der Waals surface area (Å²) in [5.41, 5.74) is 2.60. The van der Waals surface area contributed by atoms with Gasteiger partial charge in [0.2, 0.25) is 11.8 Å². The Morgan fingerprint density at radius 1 is 0.909 bits per heavy atom. The number of carbonyl (C=O) groups excluding carboxylic acids is 1. The van der Waals surface area contributed by atoms with E-state index in [2.05, 4.69) is 20.6 Å². The van der Waals surface area contributed by atoms with Crippen molar-refractivity contribution in [1.29, 1.82) is 0 Å². The van der Waals surface area contributed by atoms with E-state index >= 15 is 0 Å². The Morgan fingerprint density at radius 3 is 2.48 bits per heavy atom. The summed E-state index contributed by atoms with van der Waals surface area (Å²) in [6.07, 6.45) is 2.13. The molecule has 0 atom stereocenters.